The molecule has 0 spiro atoms. The Morgan fingerprint density at radius 1 is 1.15 bits per heavy atom. The van der Waals surface area contributed by atoms with Crippen LogP contribution in [-0.4, -0.2) is 57.5 Å². The highest BCUT2D eigenvalue weighted by molar-refractivity contribution is 5.78. The van der Waals surface area contributed by atoms with Gasteiger partial charge in [0.2, 0.25) is 5.91 Å². The van der Waals surface area contributed by atoms with Crippen LogP contribution < -0.4 is 0 Å². The van der Waals surface area contributed by atoms with Crippen molar-refractivity contribution in [3.63, 3.8) is 0 Å². The summed E-state index contributed by atoms with van der Waals surface area (Å²) in [5.74, 6) is 0.907. The number of hydrogen-bond donors (Lipinski definition) is 0. The van der Waals surface area contributed by atoms with Gasteiger partial charge in [-0.3, -0.25) is 9.69 Å². The summed E-state index contributed by atoms with van der Waals surface area (Å²) >= 11 is 0. The van der Waals surface area contributed by atoms with Gasteiger partial charge < -0.3 is 9.64 Å². The van der Waals surface area contributed by atoms with Crippen LogP contribution in [0.5, 0.6) is 0 Å². The van der Waals surface area contributed by atoms with E-state index in [1.807, 2.05) is 55.3 Å². The number of aromatic nitrogens is 2. The molecule has 3 heterocycles. The first kappa shape index (κ1) is 17.1. The lowest BCUT2D eigenvalue weighted by Gasteiger charge is -2.36. The zero-order chi connectivity index (χ0) is 18.1. The SMILES string of the molecule is C[C@@H]1CN(C(=O)CN2Cc3cnc(-c4ccccc4)nc3C2)C[C@H](C)O1. The third kappa shape index (κ3) is 3.61. The van der Waals surface area contributed by atoms with Gasteiger partial charge in [0.25, 0.3) is 0 Å². The van der Waals surface area contributed by atoms with Crippen molar-refractivity contribution >= 4 is 5.91 Å². The average molecular weight is 352 g/mol. The molecule has 2 aliphatic rings. The van der Waals surface area contributed by atoms with Crippen LogP contribution in [0.1, 0.15) is 25.1 Å². The maximum Gasteiger partial charge on any atom is 0.236 e. The van der Waals surface area contributed by atoms with Gasteiger partial charge in [-0.15, -0.1) is 0 Å². The first-order chi connectivity index (χ1) is 12.6. The van der Waals surface area contributed by atoms with Gasteiger partial charge in [-0.1, -0.05) is 30.3 Å². The van der Waals surface area contributed by atoms with Crippen LogP contribution in [0.25, 0.3) is 11.4 Å². The fraction of sp³-hybridized carbons (Fsp3) is 0.450. The van der Waals surface area contributed by atoms with Crippen LogP contribution in [0, 0.1) is 0 Å². The van der Waals surface area contributed by atoms with Crippen molar-refractivity contribution in [1.82, 2.24) is 19.8 Å². The molecule has 1 fully saturated rings. The number of amides is 1. The van der Waals surface area contributed by atoms with E-state index in [0.29, 0.717) is 26.2 Å². The molecule has 26 heavy (non-hydrogen) atoms. The molecule has 6 nitrogen and oxygen atoms in total. The van der Waals surface area contributed by atoms with Crippen molar-refractivity contribution in [3.8, 4) is 11.4 Å². The third-order valence-electron chi connectivity index (χ3n) is 4.88. The first-order valence-corrected chi connectivity index (χ1v) is 9.14. The number of benzene rings is 1. The Hall–Kier alpha value is -2.31. The fourth-order valence-electron chi connectivity index (χ4n) is 3.73. The second-order valence-corrected chi connectivity index (χ2v) is 7.23. The largest absolute Gasteiger partial charge is 0.372 e. The Kier molecular flexibility index (Phi) is 4.70. The number of nitrogens with zero attached hydrogens (tertiary/aromatic N) is 4. The van der Waals surface area contributed by atoms with Gasteiger partial charge in [0.1, 0.15) is 0 Å². The topological polar surface area (TPSA) is 58.6 Å². The summed E-state index contributed by atoms with van der Waals surface area (Å²) in [7, 11) is 0. The molecule has 136 valence electrons. The highest BCUT2D eigenvalue weighted by atomic mass is 16.5. The van der Waals surface area contributed by atoms with E-state index in [-0.39, 0.29) is 18.1 Å². The molecule has 0 saturated carbocycles. The zero-order valence-corrected chi connectivity index (χ0v) is 15.3. The number of morpholine rings is 1. The van der Waals surface area contributed by atoms with E-state index in [4.69, 9.17) is 9.72 Å². The zero-order valence-electron chi connectivity index (χ0n) is 15.3. The summed E-state index contributed by atoms with van der Waals surface area (Å²) < 4.78 is 5.72. The lowest BCUT2D eigenvalue weighted by atomic mass is 10.2. The molecule has 0 unspecified atom stereocenters. The molecular formula is C20H24N4O2. The van der Waals surface area contributed by atoms with Crippen molar-refractivity contribution in [2.24, 2.45) is 0 Å². The minimum atomic E-state index is 0.0952. The summed E-state index contributed by atoms with van der Waals surface area (Å²) in [6.07, 6.45) is 2.09. The molecule has 0 radical (unpaired) electrons. The summed E-state index contributed by atoms with van der Waals surface area (Å²) in [4.78, 5) is 26.0. The summed E-state index contributed by atoms with van der Waals surface area (Å²) in [6.45, 7) is 7.20. The van der Waals surface area contributed by atoms with Gasteiger partial charge in [0.15, 0.2) is 5.82 Å². The molecule has 0 aliphatic carbocycles. The van der Waals surface area contributed by atoms with Gasteiger partial charge in [-0.2, -0.15) is 0 Å². The molecule has 2 atom stereocenters. The van der Waals surface area contributed by atoms with E-state index in [9.17, 15) is 4.79 Å². The van der Waals surface area contributed by atoms with Crippen LogP contribution in [0.2, 0.25) is 0 Å². The lowest BCUT2D eigenvalue weighted by Crippen LogP contribution is -2.50. The summed E-state index contributed by atoms with van der Waals surface area (Å²) in [5, 5.41) is 0. The van der Waals surface area contributed by atoms with Crippen LogP contribution >= 0.6 is 0 Å². The first-order valence-electron chi connectivity index (χ1n) is 9.14. The van der Waals surface area contributed by atoms with Crippen molar-refractivity contribution in [3.05, 3.63) is 47.8 Å². The highest BCUT2D eigenvalue weighted by Gasteiger charge is 2.29. The molecule has 4 rings (SSSR count). The number of hydrogen-bond acceptors (Lipinski definition) is 5. The minimum absolute atomic E-state index is 0.0952. The molecule has 1 saturated heterocycles. The smallest absolute Gasteiger partial charge is 0.236 e. The van der Waals surface area contributed by atoms with E-state index in [1.165, 1.54) is 0 Å². The van der Waals surface area contributed by atoms with Crippen LogP contribution in [-0.2, 0) is 22.6 Å². The van der Waals surface area contributed by atoms with Gasteiger partial charge in [-0.05, 0) is 13.8 Å². The Morgan fingerprint density at radius 2 is 1.88 bits per heavy atom. The monoisotopic (exact) mass is 352 g/mol. The lowest BCUT2D eigenvalue weighted by molar-refractivity contribution is -0.144. The Morgan fingerprint density at radius 3 is 2.62 bits per heavy atom. The van der Waals surface area contributed by atoms with Crippen LogP contribution in [0.3, 0.4) is 0 Å². The van der Waals surface area contributed by atoms with E-state index >= 15 is 0 Å². The maximum atomic E-state index is 12.7. The molecule has 1 aromatic carbocycles. The molecule has 0 bridgehead atoms. The Labute approximate surface area is 153 Å². The van der Waals surface area contributed by atoms with E-state index in [1.54, 1.807) is 0 Å². The molecule has 1 amide bonds. The number of rotatable bonds is 3. The quantitative estimate of drug-likeness (QED) is 0.847. The van der Waals surface area contributed by atoms with E-state index in [0.717, 1.165) is 29.2 Å². The van der Waals surface area contributed by atoms with E-state index < -0.39 is 0 Å². The average Bonchev–Trinajstić information content (AvgIpc) is 3.03. The predicted molar refractivity (Wildman–Crippen MR) is 98.2 cm³/mol. The van der Waals surface area contributed by atoms with Crippen LogP contribution in [0.15, 0.2) is 36.5 Å². The maximum absolute atomic E-state index is 12.7. The Balaban J connectivity index is 1.41. The summed E-state index contributed by atoms with van der Waals surface area (Å²) in [6, 6.07) is 9.98. The predicted octanol–water partition coefficient (Wildman–Crippen LogP) is 2.09. The van der Waals surface area contributed by atoms with Gasteiger partial charge >= 0.3 is 0 Å². The number of carbonyl (C=O) groups is 1. The van der Waals surface area contributed by atoms with Gasteiger partial charge in [0.05, 0.1) is 24.4 Å². The number of fused-ring (bicyclic) bond motifs is 1. The second kappa shape index (κ2) is 7.13. The summed E-state index contributed by atoms with van der Waals surface area (Å²) in [5.41, 5.74) is 3.15. The molecule has 2 aliphatic heterocycles. The van der Waals surface area contributed by atoms with Crippen molar-refractivity contribution in [2.45, 2.75) is 39.1 Å². The van der Waals surface area contributed by atoms with E-state index in [2.05, 4.69) is 9.88 Å². The van der Waals surface area contributed by atoms with Gasteiger partial charge in [0, 0.05) is 43.5 Å². The number of carbonyl (C=O) groups excluding carboxylic acids is 1. The molecular weight excluding hydrogens is 328 g/mol. The van der Waals surface area contributed by atoms with Crippen molar-refractivity contribution < 1.29 is 9.53 Å². The fourth-order valence-corrected chi connectivity index (χ4v) is 3.73. The van der Waals surface area contributed by atoms with Crippen molar-refractivity contribution in [2.75, 3.05) is 19.6 Å². The molecule has 1 aromatic heterocycles. The number of ether oxygens (including phenoxy) is 1. The normalized spacial score (nSPS) is 23.1. The Bertz CT molecular complexity index is 786. The molecule has 0 N–H and O–H groups in total. The molecule has 6 heteroatoms. The molecule has 2 aromatic rings. The minimum Gasteiger partial charge on any atom is -0.372 e. The third-order valence-corrected chi connectivity index (χ3v) is 4.88. The van der Waals surface area contributed by atoms with Gasteiger partial charge in [-0.25, -0.2) is 9.97 Å². The highest BCUT2D eigenvalue weighted by Crippen LogP contribution is 2.23. The van der Waals surface area contributed by atoms with Crippen molar-refractivity contribution in [1.29, 1.82) is 0 Å². The second-order valence-electron chi connectivity index (χ2n) is 7.23. The standard InChI is InChI=1S/C20H24N4O2/c1-14-9-24(10-15(2)26-14)19(25)13-23-11-17-8-21-20(22-18(17)12-23)16-6-4-3-5-7-16/h3-8,14-15H,9-13H2,1-2H3/t14-,15+. The van der Waals surface area contributed by atoms with Crippen LogP contribution in [0.4, 0.5) is 0 Å².